The van der Waals surface area contributed by atoms with Crippen LogP contribution in [-0.2, 0) is 0 Å². The molecule has 0 spiro atoms. The van der Waals surface area contributed by atoms with Crippen molar-refractivity contribution < 1.29 is 4.74 Å². The average Bonchev–Trinajstić information content (AvgIpc) is 2.49. The number of ether oxygens (including phenoxy) is 1. The average molecular weight is 255 g/mol. The van der Waals surface area contributed by atoms with Gasteiger partial charge >= 0.3 is 0 Å². The van der Waals surface area contributed by atoms with E-state index < -0.39 is 0 Å². The summed E-state index contributed by atoms with van der Waals surface area (Å²) in [4.78, 5) is 2.35. The minimum absolute atomic E-state index is 0.892. The van der Waals surface area contributed by atoms with Crippen LogP contribution >= 0.6 is 0 Å². The Morgan fingerprint density at radius 2 is 1.58 bits per heavy atom. The molecule has 0 atom stereocenters. The third-order valence-corrected chi connectivity index (χ3v) is 3.40. The minimum Gasteiger partial charge on any atom is -0.497 e. The van der Waals surface area contributed by atoms with Crippen LogP contribution in [0, 0.1) is 0 Å². The second kappa shape index (κ2) is 6.28. The Balaban J connectivity index is 2.31. The predicted octanol–water partition coefficient (Wildman–Crippen LogP) is 4.21. The van der Waals surface area contributed by atoms with Crippen LogP contribution in [0.3, 0.4) is 0 Å². The van der Waals surface area contributed by atoms with Crippen molar-refractivity contribution in [3.63, 3.8) is 0 Å². The van der Waals surface area contributed by atoms with Crippen molar-refractivity contribution in [1.29, 1.82) is 0 Å². The lowest BCUT2D eigenvalue weighted by Crippen LogP contribution is -2.21. The molecule has 0 aliphatic carbocycles. The van der Waals surface area contributed by atoms with Crippen molar-refractivity contribution in [2.24, 2.45) is 0 Å². The fourth-order valence-electron chi connectivity index (χ4n) is 2.25. The number of rotatable bonds is 5. The van der Waals surface area contributed by atoms with Crippen LogP contribution in [0.25, 0.3) is 11.1 Å². The number of benzene rings is 2. The maximum atomic E-state index is 5.19. The number of anilines is 1. The molecule has 100 valence electrons. The zero-order valence-electron chi connectivity index (χ0n) is 11.9. The molecular formula is C17H21NO. The van der Waals surface area contributed by atoms with Gasteiger partial charge in [0.05, 0.1) is 7.11 Å². The molecule has 2 aromatic rings. The van der Waals surface area contributed by atoms with Crippen molar-refractivity contribution in [1.82, 2.24) is 0 Å². The maximum absolute atomic E-state index is 5.19. The molecule has 0 aliphatic heterocycles. The second-order valence-electron chi connectivity index (χ2n) is 4.45. The molecule has 0 bridgehead atoms. The summed E-state index contributed by atoms with van der Waals surface area (Å²) in [7, 11) is 1.69. The molecule has 2 rings (SSSR count). The van der Waals surface area contributed by atoms with Gasteiger partial charge in [0.2, 0.25) is 0 Å². The molecule has 0 heterocycles. The van der Waals surface area contributed by atoms with Gasteiger partial charge in [-0.05, 0) is 49.2 Å². The summed E-state index contributed by atoms with van der Waals surface area (Å²) in [5, 5.41) is 0. The van der Waals surface area contributed by atoms with Crippen LogP contribution in [0.4, 0.5) is 5.69 Å². The van der Waals surface area contributed by atoms with Gasteiger partial charge in [0.15, 0.2) is 0 Å². The van der Waals surface area contributed by atoms with Crippen molar-refractivity contribution in [2.45, 2.75) is 13.8 Å². The molecule has 0 saturated heterocycles. The first kappa shape index (κ1) is 13.5. The Labute approximate surface area is 115 Å². The molecular weight excluding hydrogens is 234 g/mol. The SMILES string of the molecule is CCN(CC)c1cccc(-c2ccc(OC)cc2)c1. The molecule has 2 heteroatoms. The van der Waals surface area contributed by atoms with E-state index in [2.05, 4.69) is 55.1 Å². The topological polar surface area (TPSA) is 12.5 Å². The van der Waals surface area contributed by atoms with E-state index in [0.717, 1.165) is 18.8 Å². The molecule has 2 aromatic carbocycles. The second-order valence-corrected chi connectivity index (χ2v) is 4.45. The van der Waals surface area contributed by atoms with Gasteiger partial charge in [0, 0.05) is 18.8 Å². The quantitative estimate of drug-likeness (QED) is 0.793. The van der Waals surface area contributed by atoms with Gasteiger partial charge < -0.3 is 9.64 Å². The van der Waals surface area contributed by atoms with Gasteiger partial charge in [-0.15, -0.1) is 0 Å². The van der Waals surface area contributed by atoms with E-state index in [1.807, 2.05) is 12.1 Å². The van der Waals surface area contributed by atoms with Crippen LogP contribution in [0.1, 0.15) is 13.8 Å². The van der Waals surface area contributed by atoms with Crippen LogP contribution in [0.15, 0.2) is 48.5 Å². The Morgan fingerprint density at radius 3 is 2.16 bits per heavy atom. The number of nitrogens with zero attached hydrogens (tertiary/aromatic N) is 1. The molecule has 0 radical (unpaired) electrons. The van der Waals surface area contributed by atoms with E-state index in [4.69, 9.17) is 4.74 Å². The monoisotopic (exact) mass is 255 g/mol. The first-order chi connectivity index (χ1) is 9.28. The molecule has 0 unspecified atom stereocenters. The molecule has 0 N–H and O–H groups in total. The van der Waals surface area contributed by atoms with Gasteiger partial charge in [0.25, 0.3) is 0 Å². The normalized spacial score (nSPS) is 10.3. The number of hydrogen-bond donors (Lipinski definition) is 0. The van der Waals surface area contributed by atoms with Gasteiger partial charge in [-0.3, -0.25) is 0 Å². The van der Waals surface area contributed by atoms with Crippen molar-refractivity contribution in [3.8, 4) is 16.9 Å². The molecule has 0 aliphatic rings. The lowest BCUT2D eigenvalue weighted by molar-refractivity contribution is 0.415. The van der Waals surface area contributed by atoms with Gasteiger partial charge in [-0.1, -0.05) is 24.3 Å². The van der Waals surface area contributed by atoms with E-state index in [1.165, 1.54) is 16.8 Å². The minimum atomic E-state index is 0.892. The molecule has 19 heavy (non-hydrogen) atoms. The predicted molar refractivity (Wildman–Crippen MR) is 82.0 cm³/mol. The lowest BCUT2D eigenvalue weighted by Gasteiger charge is -2.21. The standard InChI is InChI=1S/C17H21NO/c1-4-18(5-2)16-8-6-7-15(13-16)14-9-11-17(19-3)12-10-14/h6-13H,4-5H2,1-3H3. The van der Waals surface area contributed by atoms with Crippen LogP contribution < -0.4 is 9.64 Å². The van der Waals surface area contributed by atoms with Crippen LogP contribution in [-0.4, -0.2) is 20.2 Å². The zero-order chi connectivity index (χ0) is 13.7. The van der Waals surface area contributed by atoms with E-state index in [-0.39, 0.29) is 0 Å². The summed E-state index contributed by atoms with van der Waals surface area (Å²) in [5.41, 5.74) is 3.74. The zero-order valence-corrected chi connectivity index (χ0v) is 11.9. The van der Waals surface area contributed by atoms with Crippen LogP contribution in [0.2, 0.25) is 0 Å². The highest BCUT2D eigenvalue weighted by Crippen LogP contribution is 2.26. The lowest BCUT2D eigenvalue weighted by atomic mass is 10.0. The number of methoxy groups -OCH3 is 1. The summed E-state index contributed by atoms with van der Waals surface area (Å²) in [6, 6.07) is 16.9. The number of hydrogen-bond acceptors (Lipinski definition) is 2. The molecule has 0 saturated carbocycles. The first-order valence-corrected chi connectivity index (χ1v) is 6.78. The summed E-state index contributed by atoms with van der Waals surface area (Å²) in [6.07, 6.45) is 0. The molecule has 0 amide bonds. The highest BCUT2D eigenvalue weighted by molar-refractivity contribution is 5.69. The third kappa shape index (κ3) is 3.08. The highest BCUT2D eigenvalue weighted by atomic mass is 16.5. The first-order valence-electron chi connectivity index (χ1n) is 6.78. The summed E-state index contributed by atoms with van der Waals surface area (Å²) in [6.45, 7) is 6.43. The highest BCUT2D eigenvalue weighted by Gasteiger charge is 2.04. The third-order valence-electron chi connectivity index (χ3n) is 3.40. The van der Waals surface area contributed by atoms with Crippen molar-refractivity contribution >= 4 is 5.69 Å². The van der Waals surface area contributed by atoms with Crippen molar-refractivity contribution in [3.05, 3.63) is 48.5 Å². The summed E-state index contributed by atoms with van der Waals surface area (Å²) < 4.78 is 5.19. The Hall–Kier alpha value is -1.96. The molecule has 0 aromatic heterocycles. The van der Waals surface area contributed by atoms with E-state index >= 15 is 0 Å². The van der Waals surface area contributed by atoms with Gasteiger partial charge in [-0.2, -0.15) is 0 Å². The fourth-order valence-corrected chi connectivity index (χ4v) is 2.25. The largest absolute Gasteiger partial charge is 0.497 e. The molecule has 2 nitrogen and oxygen atoms in total. The summed E-state index contributed by atoms with van der Waals surface area (Å²) >= 11 is 0. The Bertz CT molecular complexity index is 515. The van der Waals surface area contributed by atoms with Crippen molar-refractivity contribution in [2.75, 3.05) is 25.1 Å². The van der Waals surface area contributed by atoms with E-state index in [9.17, 15) is 0 Å². The van der Waals surface area contributed by atoms with Crippen LogP contribution in [0.5, 0.6) is 5.75 Å². The summed E-state index contributed by atoms with van der Waals surface area (Å²) in [5.74, 6) is 0.892. The van der Waals surface area contributed by atoms with E-state index in [0.29, 0.717) is 0 Å². The van der Waals surface area contributed by atoms with E-state index in [1.54, 1.807) is 7.11 Å². The van der Waals surface area contributed by atoms with Gasteiger partial charge in [0.1, 0.15) is 5.75 Å². The Kier molecular flexibility index (Phi) is 4.45. The molecule has 0 fully saturated rings. The smallest absolute Gasteiger partial charge is 0.118 e. The fraction of sp³-hybridized carbons (Fsp3) is 0.294. The Morgan fingerprint density at radius 1 is 0.895 bits per heavy atom. The van der Waals surface area contributed by atoms with Gasteiger partial charge in [-0.25, -0.2) is 0 Å². The maximum Gasteiger partial charge on any atom is 0.118 e.